The molecule has 0 spiro atoms. The van der Waals surface area contributed by atoms with Crippen molar-refractivity contribution in [3.8, 4) is 0 Å². The van der Waals surface area contributed by atoms with Gasteiger partial charge in [-0.2, -0.15) is 0 Å². The number of carbonyl (C=O) groups is 1. The van der Waals surface area contributed by atoms with E-state index >= 15 is 0 Å². The molecule has 17 heavy (non-hydrogen) atoms. The third kappa shape index (κ3) is 4.19. The molecule has 1 aromatic carbocycles. The molecule has 0 saturated heterocycles. The first-order valence-electron chi connectivity index (χ1n) is 5.84. The topological polar surface area (TPSA) is 46.5 Å². The molecule has 1 N–H and O–H groups in total. The Morgan fingerprint density at radius 1 is 1.35 bits per heavy atom. The molecular weight excluding hydrogens is 216 g/mol. The van der Waals surface area contributed by atoms with Crippen molar-refractivity contribution in [3.63, 3.8) is 0 Å². The van der Waals surface area contributed by atoms with Crippen LogP contribution in [0.1, 0.15) is 30.5 Å². The average Bonchev–Trinajstić information content (AvgIpc) is 2.19. The van der Waals surface area contributed by atoms with Gasteiger partial charge in [0.15, 0.2) is 6.10 Å². The molecule has 3 nitrogen and oxygen atoms in total. The summed E-state index contributed by atoms with van der Waals surface area (Å²) < 4.78 is 5.40. The lowest BCUT2D eigenvalue weighted by molar-refractivity contribution is -0.153. The van der Waals surface area contributed by atoms with Gasteiger partial charge in [-0.15, -0.1) is 0 Å². The fourth-order valence-corrected chi connectivity index (χ4v) is 1.80. The van der Waals surface area contributed by atoms with Crippen molar-refractivity contribution in [2.45, 2.75) is 46.3 Å². The summed E-state index contributed by atoms with van der Waals surface area (Å²) in [6.45, 7) is 7.71. The predicted octanol–water partition coefficient (Wildman–Crippen LogP) is 2.72. The smallest absolute Gasteiger partial charge is 0.333 e. The summed E-state index contributed by atoms with van der Waals surface area (Å²) in [5.41, 5.74) is 3.33. The van der Waals surface area contributed by atoms with Gasteiger partial charge in [-0.05, 0) is 38.8 Å². The third-order valence-electron chi connectivity index (χ3n) is 2.62. The van der Waals surface area contributed by atoms with E-state index in [-0.39, 0.29) is 6.10 Å². The summed E-state index contributed by atoms with van der Waals surface area (Å²) in [6, 6.07) is 6.03. The van der Waals surface area contributed by atoms with Gasteiger partial charge in [0, 0.05) is 6.42 Å². The molecule has 94 valence electrons. The summed E-state index contributed by atoms with van der Waals surface area (Å²) >= 11 is 0. The number of aryl methyl sites for hydroxylation is 2. The minimum atomic E-state index is -0.904. The lowest BCUT2D eigenvalue weighted by atomic mass is 10.0. The van der Waals surface area contributed by atoms with Crippen LogP contribution in [0.2, 0.25) is 0 Å². The van der Waals surface area contributed by atoms with E-state index in [0.717, 1.165) is 11.1 Å². The van der Waals surface area contributed by atoms with Crippen LogP contribution in [0.5, 0.6) is 0 Å². The second-order valence-electron chi connectivity index (χ2n) is 4.65. The van der Waals surface area contributed by atoms with Crippen molar-refractivity contribution in [3.05, 3.63) is 34.9 Å². The van der Waals surface area contributed by atoms with Gasteiger partial charge in [-0.25, -0.2) is 4.79 Å². The minimum absolute atomic E-state index is 0.0816. The molecular formula is C14H20O3. The first kappa shape index (κ1) is 13.7. The van der Waals surface area contributed by atoms with Crippen LogP contribution in [0.3, 0.4) is 0 Å². The van der Waals surface area contributed by atoms with Gasteiger partial charge in [-0.3, -0.25) is 0 Å². The highest BCUT2D eigenvalue weighted by Crippen LogP contribution is 2.15. The van der Waals surface area contributed by atoms with Crippen molar-refractivity contribution in [2.75, 3.05) is 0 Å². The Hall–Kier alpha value is -1.35. The summed E-state index contributed by atoms with van der Waals surface area (Å²) in [6.07, 6.45) is -0.433. The van der Waals surface area contributed by atoms with Gasteiger partial charge in [0.1, 0.15) is 0 Å². The zero-order valence-corrected chi connectivity index (χ0v) is 10.9. The second kappa shape index (κ2) is 5.82. The Morgan fingerprint density at radius 2 is 2.00 bits per heavy atom. The van der Waals surface area contributed by atoms with E-state index < -0.39 is 12.1 Å². The van der Waals surface area contributed by atoms with Crippen molar-refractivity contribution >= 4 is 5.97 Å². The van der Waals surface area contributed by atoms with Crippen molar-refractivity contribution in [1.82, 2.24) is 0 Å². The Labute approximate surface area is 102 Å². The monoisotopic (exact) mass is 236 g/mol. The van der Waals surface area contributed by atoms with Crippen LogP contribution >= 0.6 is 0 Å². The number of rotatable bonds is 5. The van der Waals surface area contributed by atoms with E-state index in [2.05, 4.69) is 6.07 Å². The fourth-order valence-electron chi connectivity index (χ4n) is 1.80. The highest BCUT2D eigenvalue weighted by atomic mass is 16.5. The molecule has 1 aromatic rings. The second-order valence-corrected chi connectivity index (χ2v) is 4.65. The molecule has 0 unspecified atom stereocenters. The van der Waals surface area contributed by atoms with Crippen LogP contribution in [-0.2, 0) is 16.0 Å². The van der Waals surface area contributed by atoms with Crippen LogP contribution in [0.25, 0.3) is 0 Å². The van der Waals surface area contributed by atoms with Gasteiger partial charge in [0.2, 0.25) is 0 Å². The Kier molecular flexibility index (Phi) is 4.70. The van der Waals surface area contributed by atoms with Crippen molar-refractivity contribution in [2.24, 2.45) is 0 Å². The molecule has 0 bridgehead atoms. The van der Waals surface area contributed by atoms with E-state index in [9.17, 15) is 4.79 Å². The molecule has 0 aliphatic heterocycles. The van der Waals surface area contributed by atoms with Gasteiger partial charge < -0.3 is 9.84 Å². The van der Waals surface area contributed by atoms with E-state index in [4.69, 9.17) is 9.84 Å². The fraction of sp³-hybridized carbons (Fsp3) is 0.500. The Balaban J connectivity index is 2.82. The summed E-state index contributed by atoms with van der Waals surface area (Å²) in [5, 5.41) is 9.10. The maximum absolute atomic E-state index is 11.1. The van der Waals surface area contributed by atoms with Gasteiger partial charge in [-0.1, -0.05) is 23.8 Å². The third-order valence-corrected chi connectivity index (χ3v) is 2.62. The largest absolute Gasteiger partial charge is 0.479 e. The maximum atomic E-state index is 11.1. The average molecular weight is 236 g/mol. The van der Waals surface area contributed by atoms with E-state index in [1.165, 1.54) is 5.56 Å². The Morgan fingerprint density at radius 3 is 2.47 bits per heavy atom. The van der Waals surface area contributed by atoms with Crippen LogP contribution in [0, 0.1) is 13.8 Å². The Bertz CT molecular complexity index is 396. The van der Waals surface area contributed by atoms with Gasteiger partial charge in [0.05, 0.1) is 6.10 Å². The quantitative estimate of drug-likeness (QED) is 0.855. The van der Waals surface area contributed by atoms with Crippen molar-refractivity contribution < 1.29 is 14.6 Å². The molecule has 3 heteroatoms. The maximum Gasteiger partial charge on any atom is 0.333 e. The number of carboxylic acid groups (broad SMARTS) is 1. The van der Waals surface area contributed by atoms with Crippen LogP contribution in [0.15, 0.2) is 18.2 Å². The molecule has 0 saturated carbocycles. The highest BCUT2D eigenvalue weighted by Gasteiger charge is 2.20. The van der Waals surface area contributed by atoms with Crippen LogP contribution in [-0.4, -0.2) is 23.3 Å². The van der Waals surface area contributed by atoms with Gasteiger partial charge in [0.25, 0.3) is 0 Å². The number of aliphatic carboxylic acids is 1. The first-order chi connectivity index (χ1) is 7.90. The molecule has 0 radical (unpaired) electrons. The zero-order chi connectivity index (χ0) is 13.0. The standard InChI is InChI=1S/C14H20O3/c1-9(2)17-13(14(15)16)8-12-6-5-10(3)7-11(12)4/h5-7,9,13H,8H2,1-4H3,(H,15,16)/t13-/m1/s1. The number of ether oxygens (including phenoxy) is 1. The molecule has 0 aliphatic rings. The predicted molar refractivity (Wildman–Crippen MR) is 67.3 cm³/mol. The first-order valence-corrected chi connectivity index (χ1v) is 5.84. The lowest BCUT2D eigenvalue weighted by Crippen LogP contribution is -2.29. The molecule has 0 fully saturated rings. The molecule has 0 heterocycles. The SMILES string of the molecule is Cc1ccc(C[C@@H](OC(C)C)C(=O)O)c(C)c1. The molecule has 1 atom stereocenters. The van der Waals surface area contributed by atoms with Crippen LogP contribution < -0.4 is 0 Å². The van der Waals surface area contributed by atoms with Gasteiger partial charge >= 0.3 is 5.97 Å². The summed E-state index contributed by atoms with van der Waals surface area (Å²) in [5.74, 6) is -0.904. The minimum Gasteiger partial charge on any atom is -0.479 e. The summed E-state index contributed by atoms with van der Waals surface area (Å²) in [7, 11) is 0. The molecule has 0 amide bonds. The van der Waals surface area contributed by atoms with Crippen molar-refractivity contribution in [1.29, 1.82) is 0 Å². The number of benzene rings is 1. The lowest BCUT2D eigenvalue weighted by Gasteiger charge is -2.17. The van der Waals surface area contributed by atoms with E-state index in [0.29, 0.717) is 6.42 Å². The van der Waals surface area contributed by atoms with Crippen LogP contribution in [0.4, 0.5) is 0 Å². The number of carboxylic acids is 1. The molecule has 0 aliphatic carbocycles. The highest BCUT2D eigenvalue weighted by molar-refractivity contribution is 5.72. The summed E-state index contributed by atoms with van der Waals surface area (Å²) in [4.78, 5) is 11.1. The number of hydrogen-bond acceptors (Lipinski definition) is 2. The van der Waals surface area contributed by atoms with E-state index in [1.54, 1.807) is 0 Å². The van der Waals surface area contributed by atoms with E-state index in [1.807, 2.05) is 39.8 Å². The zero-order valence-electron chi connectivity index (χ0n) is 10.9. The number of hydrogen-bond donors (Lipinski definition) is 1. The molecule has 1 rings (SSSR count). The molecule has 0 aromatic heterocycles. The normalized spacial score (nSPS) is 12.8.